The number of hydrogen-bond donors (Lipinski definition) is 2. The second-order valence-electron chi connectivity index (χ2n) is 5.56. The number of nitrogens with zero attached hydrogens (tertiary/aromatic N) is 4. The number of aromatic carboxylic acids is 1. The zero-order valence-corrected chi connectivity index (χ0v) is 11.3. The van der Waals surface area contributed by atoms with Crippen molar-refractivity contribution in [2.24, 2.45) is 5.92 Å². The summed E-state index contributed by atoms with van der Waals surface area (Å²) in [7, 11) is 0. The van der Waals surface area contributed by atoms with Crippen molar-refractivity contribution in [1.29, 1.82) is 0 Å². The second kappa shape index (κ2) is 4.47. The molecule has 0 saturated heterocycles. The van der Waals surface area contributed by atoms with Crippen LogP contribution in [-0.2, 0) is 6.54 Å². The Bertz CT molecular complexity index is 683. The van der Waals surface area contributed by atoms with Gasteiger partial charge in [0.1, 0.15) is 6.17 Å². The summed E-state index contributed by atoms with van der Waals surface area (Å²) in [6.07, 6.45) is 12.7. The number of fused-ring (bicyclic) bond motifs is 1. The first-order chi connectivity index (χ1) is 10.2. The van der Waals surface area contributed by atoms with Crippen molar-refractivity contribution in [1.82, 2.24) is 25.2 Å². The van der Waals surface area contributed by atoms with Gasteiger partial charge in [-0.05, 0) is 30.4 Å². The Morgan fingerprint density at radius 1 is 1.43 bits per heavy atom. The summed E-state index contributed by atoms with van der Waals surface area (Å²) in [4.78, 5) is 12.9. The molecule has 1 unspecified atom stereocenters. The Morgan fingerprint density at radius 2 is 2.29 bits per heavy atom. The summed E-state index contributed by atoms with van der Waals surface area (Å²) < 4.78 is 1.52. The summed E-state index contributed by atoms with van der Waals surface area (Å²) in [5.41, 5.74) is 2.33. The van der Waals surface area contributed by atoms with Crippen molar-refractivity contribution in [3.8, 4) is 0 Å². The van der Waals surface area contributed by atoms with Crippen LogP contribution in [-0.4, -0.2) is 37.1 Å². The highest BCUT2D eigenvalue weighted by atomic mass is 16.4. The minimum Gasteiger partial charge on any atom is -0.476 e. The van der Waals surface area contributed by atoms with E-state index in [9.17, 15) is 4.79 Å². The largest absolute Gasteiger partial charge is 0.476 e. The Labute approximate surface area is 121 Å². The number of rotatable bonds is 4. The molecule has 3 aliphatic rings. The van der Waals surface area contributed by atoms with E-state index in [4.69, 9.17) is 5.11 Å². The molecule has 7 nitrogen and oxygen atoms in total. The van der Waals surface area contributed by atoms with Gasteiger partial charge in [0.2, 0.25) is 0 Å². The average molecular weight is 285 g/mol. The topological polar surface area (TPSA) is 83.3 Å². The van der Waals surface area contributed by atoms with E-state index in [0.717, 1.165) is 11.6 Å². The molecule has 1 saturated carbocycles. The molecule has 2 N–H and O–H groups in total. The van der Waals surface area contributed by atoms with E-state index in [2.05, 4.69) is 38.9 Å². The summed E-state index contributed by atoms with van der Waals surface area (Å²) >= 11 is 0. The van der Waals surface area contributed by atoms with Gasteiger partial charge in [0.25, 0.3) is 0 Å². The number of aromatic nitrogens is 3. The van der Waals surface area contributed by atoms with Gasteiger partial charge in [0, 0.05) is 12.4 Å². The minimum atomic E-state index is -1.06. The second-order valence-corrected chi connectivity index (χ2v) is 5.56. The molecule has 1 aliphatic carbocycles. The lowest BCUT2D eigenvalue weighted by atomic mass is 10.1. The van der Waals surface area contributed by atoms with Crippen LogP contribution in [0.5, 0.6) is 0 Å². The highest BCUT2D eigenvalue weighted by Crippen LogP contribution is 2.39. The molecule has 0 spiro atoms. The van der Waals surface area contributed by atoms with E-state index in [1.807, 2.05) is 6.20 Å². The molecule has 0 amide bonds. The molecule has 108 valence electrons. The van der Waals surface area contributed by atoms with E-state index in [-0.39, 0.29) is 11.9 Å². The van der Waals surface area contributed by atoms with Crippen molar-refractivity contribution in [2.75, 3.05) is 0 Å². The maximum atomic E-state index is 10.8. The fourth-order valence-corrected chi connectivity index (χ4v) is 2.64. The third-order valence-corrected chi connectivity index (χ3v) is 3.87. The van der Waals surface area contributed by atoms with E-state index < -0.39 is 5.97 Å². The highest BCUT2D eigenvalue weighted by molar-refractivity contribution is 5.84. The summed E-state index contributed by atoms with van der Waals surface area (Å²) in [5, 5.41) is 19.7. The SMILES string of the molecule is O=C(O)c1cn(CC2=CN3C=C(C4CC4)C=CC3N2)nn1. The van der Waals surface area contributed by atoms with Crippen LogP contribution >= 0.6 is 0 Å². The van der Waals surface area contributed by atoms with Gasteiger partial charge in [-0.2, -0.15) is 0 Å². The van der Waals surface area contributed by atoms with Crippen molar-refractivity contribution in [3.05, 3.63) is 47.7 Å². The predicted octanol–water partition coefficient (Wildman–Crippen LogP) is 0.913. The Hall–Kier alpha value is -2.57. The number of carboxylic acid groups (broad SMARTS) is 1. The zero-order chi connectivity index (χ0) is 14.4. The van der Waals surface area contributed by atoms with Crippen LogP contribution in [0.2, 0.25) is 0 Å². The summed E-state index contributed by atoms with van der Waals surface area (Å²) in [6, 6.07) is 0. The van der Waals surface area contributed by atoms with Crippen molar-refractivity contribution >= 4 is 5.97 Å². The molecule has 1 aromatic heterocycles. The van der Waals surface area contributed by atoms with Gasteiger partial charge in [-0.25, -0.2) is 9.48 Å². The van der Waals surface area contributed by atoms with Crippen LogP contribution in [0, 0.1) is 5.92 Å². The summed E-state index contributed by atoms with van der Waals surface area (Å²) in [5.74, 6) is -0.333. The van der Waals surface area contributed by atoms with Crippen molar-refractivity contribution in [3.63, 3.8) is 0 Å². The first kappa shape index (κ1) is 12.2. The predicted molar refractivity (Wildman–Crippen MR) is 73.8 cm³/mol. The average Bonchev–Trinajstić information content (AvgIpc) is 3.07. The lowest BCUT2D eigenvalue weighted by Crippen LogP contribution is -2.33. The molecule has 0 aromatic carbocycles. The smallest absolute Gasteiger partial charge is 0.358 e. The molecule has 3 heterocycles. The van der Waals surface area contributed by atoms with Crippen LogP contribution in [0.1, 0.15) is 23.3 Å². The van der Waals surface area contributed by atoms with Gasteiger partial charge in [0.05, 0.1) is 18.4 Å². The molecular weight excluding hydrogens is 270 g/mol. The van der Waals surface area contributed by atoms with E-state index in [1.54, 1.807) is 0 Å². The minimum absolute atomic E-state index is 0.0397. The molecular formula is C14H15N5O2. The summed E-state index contributed by atoms with van der Waals surface area (Å²) in [6.45, 7) is 0.480. The number of hydrogen-bond acceptors (Lipinski definition) is 5. The number of nitrogens with one attached hydrogen (secondary N) is 1. The maximum absolute atomic E-state index is 10.8. The molecule has 0 bridgehead atoms. The molecule has 1 atom stereocenters. The molecule has 7 heteroatoms. The normalized spacial score (nSPS) is 23.4. The molecule has 4 rings (SSSR count). The molecule has 21 heavy (non-hydrogen) atoms. The first-order valence-electron chi connectivity index (χ1n) is 6.97. The van der Waals surface area contributed by atoms with Crippen LogP contribution < -0.4 is 5.32 Å². The van der Waals surface area contributed by atoms with Gasteiger partial charge < -0.3 is 15.3 Å². The lowest BCUT2D eigenvalue weighted by Gasteiger charge is -2.23. The fraction of sp³-hybridized carbons (Fsp3) is 0.357. The van der Waals surface area contributed by atoms with Crippen LogP contribution in [0.3, 0.4) is 0 Å². The van der Waals surface area contributed by atoms with Crippen LogP contribution in [0.4, 0.5) is 0 Å². The van der Waals surface area contributed by atoms with Gasteiger partial charge in [0.15, 0.2) is 5.69 Å². The molecule has 2 aliphatic heterocycles. The van der Waals surface area contributed by atoms with E-state index in [1.165, 1.54) is 29.3 Å². The Morgan fingerprint density at radius 3 is 3.00 bits per heavy atom. The third kappa shape index (κ3) is 2.31. The zero-order valence-electron chi connectivity index (χ0n) is 11.3. The van der Waals surface area contributed by atoms with Crippen LogP contribution in [0.25, 0.3) is 0 Å². The van der Waals surface area contributed by atoms with E-state index in [0.29, 0.717) is 6.54 Å². The lowest BCUT2D eigenvalue weighted by molar-refractivity contribution is 0.0690. The third-order valence-electron chi connectivity index (χ3n) is 3.87. The maximum Gasteiger partial charge on any atom is 0.358 e. The first-order valence-corrected chi connectivity index (χ1v) is 6.97. The quantitative estimate of drug-likeness (QED) is 0.855. The van der Waals surface area contributed by atoms with Crippen molar-refractivity contribution < 1.29 is 9.90 Å². The van der Waals surface area contributed by atoms with Crippen LogP contribution in [0.15, 0.2) is 42.0 Å². The van der Waals surface area contributed by atoms with Gasteiger partial charge in [-0.15, -0.1) is 5.10 Å². The molecule has 1 fully saturated rings. The Balaban J connectivity index is 1.48. The standard InChI is InChI=1S/C14H15N5O2/c20-14(21)12-8-19(17-16-12)7-11-6-18-5-10(9-1-2-9)3-4-13(18)15-11/h3-6,8-9,13,15H,1-2,7H2,(H,20,21). The Kier molecular flexibility index (Phi) is 2.60. The van der Waals surface area contributed by atoms with Gasteiger partial charge >= 0.3 is 5.97 Å². The number of carboxylic acids is 1. The number of carbonyl (C=O) groups is 1. The monoisotopic (exact) mass is 285 g/mol. The molecule has 1 aromatic rings. The fourth-order valence-electron chi connectivity index (χ4n) is 2.64. The van der Waals surface area contributed by atoms with E-state index >= 15 is 0 Å². The van der Waals surface area contributed by atoms with Gasteiger partial charge in [-0.1, -0.05) is 11.3 Å². The van der Waals surface area contributed by atoms with Crippen molar-refractivity contribution in [2.45, 2.75) is 25.6 Å². The molecule has 0 radical (unpaired) electrons. The van der Waals surface area contributed by atoms with Gasteiger partial charge in [-0.3, -0.25) is 0 Å². The highest BCUT2D eigenvalue weighted by Gasteiger charge is 2.30. The number of allylic oxidation sites excluding steroid dienone is 3.